The first-order valence-corrected chi connectivity index (χ1v) is 7.09. The maximum absolute atomic E-state index is 13.9. The number of carbonyl (C=O) groups excluding carboxylic acids is 1. The fourth-order valence-electron chi connectivity index (χ4n) is 2.85. The molecule has 1 aliphatic rings. The number of ether oxygens (including phenoxy) is 1. The van der Waals surface area contributed by atoms with Gasteiger partial charge in [-0.3, -0.25) is 4.79 Å². The molecule has 1 aromatic rings. The summed E-state index contributed by atoms with van der Waals surface area (Å²) in [5.74, 6) is 0.0139. The Hall–Kier alpha value is -1.38. The van der Waals surface area contributed by atoms with Crippen molar-refractivity contribution in [1.82, 2.24) is 0 Å². The van der Waals surface area contributed by atoms with Crippen LogP contribution in [0.3, 0.4) is 0 Å². The second kappa shape index (κ2) is 6.18. The zero-order valence-electron chi connectivity index (χ0n) is 11.6. The van der Waals surface area contributed by atoms with Gasteiger partial charge in [-0.2, -0.15) is 0 Å². The van der Waals surface area contributed by atoms with Crippen molar-refractivity contribution in [3.63, 3.8) is 0 Å². The second-order valence-electron chi connectivity index (χ2n) is 5.28. The molecule has 2 nitrogen and oxygen atoms in total. The van der Waals surface area contributed by atoms with Crippen LogP contribution in [0.4, 0.5) is 4.39 Å². The summed E-state index contributed by atoms with van der Waals surface area (Å²) in [6.07, 6.45) is 5.48. The predicted octanol–water partition coefficient (Wildman–Crippen LogP) is 4.38. The number of benzene rings is 1. The largest absolute Gasteiger partial charge is 0.486 e. The van der Waals surface area contributed by atoms with Gasteiger partial charge in [-0.25, -0.2) is 4.39 Å². The number of ketones is 1. The number of carbonyl (C=O) groups is 1. The Bertz CT molecular complexity index is 456. The highest BCUT2D eigenvalue weighted by atomic mass is 19.1. The minimum atomic E-state index is -0.437. The molecule has 1 saturated carbocycles. The van der Waals surface area contributed by atoms with Gasteiger partial charge in [-0.15, -0.1) is 0 Å². The first kappa shape index (κ1) is 14.0. The zero-order chi connectivity index (χ0) is 13.8. The summed E-state index contributed by atoms with van der Waals surface area (Å²) in [6.45, 7) is 3.58. The van der Waals surface area contributed by atoms with Gasteiger partial charge in [-0.05, 0) is 50.7 Å². The first-order chi connectivity index (χ1) is 9.13. The summed E-state index contributed by atoms with van der Waals surface area (Å²) in [5.41, 5.74) is 0.348. The third-order valence-corrected chi connectivity index (χ3v) is 3.98. The molecular weight excluding hydrogens is 243 g/mol. The molecule has 2 rings (SSSR count). The molecule has 0 bridgehead atoms. The number of Topliss-reactive ketones (excluding diaryl/α,β-unsaturated/α-hetero) is 1. The van der Waals surface area contributed by atoms with E-state index in [1.165, 1.54) is 19.4 Å². The normalized spacial score (nSPS) is 23.1. The minimum absolute atomic E-state index is 0.0359. The summed E-state index contributed by atoms with van der Waals surface area (Å²) < 4.78 is 19.8. The van der Waals surface area contributed by atoms with Crippen molar-refractivity contribution >= 4 is 5.78 Å². The summed E-state index contributed by atoms with van der Waals surface area (Å²) in [5, 5.41) is 0. The van der Waals surface area contributed by atoms with E-state index in [-0.39, 0.29) is 17.6 Å². The predicted molar refractivity (Wildman–Crippen MR) is 73.1 cm³/mol. The van der Waals surface area contributed by atoms with Crippen molar-refractivity contribution in [2.45, 2.75) is 52.1 Å². The fraction of sp³-hybridized carbons (Fsp3) is 0.562. The molecule has 2 atom stereocenters. The van der Waals surface area contributed by atoms with E-state index in [2.05, 4.69) is 6.92 Å². The molecule has 104 valence electrons. The Morgan fingerprint density at radius 1 is 1.37 bits per heavy atom. The van der Waals surface area contributed by atoms with E-state index in [4.69, 9.17) is 4.74 Å². The molecule has 0 amide bonds. The maximum Gasteiger partial charge on any atom is 0.166 e. The van der Waals surface area contributed by atoms with Crippen molar-refractivity contribution < 1.29 is 13.9 Å². The van der Waals surface area contributed by atoms with Crippen molar-refractivity contribution in [1.29, 1.82) is 0 Å². The lowest BCUT2D eigenvalue weighted by Crippen LogP contribution is -2.30. The van der Waals surface area contributed by atoms with Gasteiger partial charge in [0.25, 0.3) is 0 Å². The molecule has 0 aromatic heterocycles. The van der Waals surface area contributed by atoms with E-state index < -0.39 is 5.82 Å². The van der Waals surface area contributed by atoms with E-state index in [1.54, 1.807) is 12.1 Å². The Kier molecular flexibility index (Phi) is 4.56. The van der Waals surface area contributed by atoms with Gasteiger partial charge in [0, 0.05) is 0 Å². The van der Waals surface area contributed by atoms with Gasteiger partial charge in [0.2, 0.25) is 0 Å². The van der Waals surface area contributed by atoms with E-state index in [9.17, 15) is 9.18 Å². The lowest BCUT2D eigenvalue weighted by Gasteiger charge is -2.31. The lowest BCUT2D eigenvalue weighted by molar-refractivity contribution is 0.0829. The lowest BCUT2D eigenvalue weighted by atomic mass is 9.84. The Morgan fingerprint density at radius 2 is 2.11 bits per heavy atom. The van der Waals surface area contributed by atoms with Crippen molar-refractivity contribution in [3.8, 4) is 5.75 Å². The monoisotopic (exact) mass is 264 g/mol. The third-order valence-electron chi connectivity index (χ3n) is 3.98. The first-order valence-electron chi connectivity index (χ1n) is 7.09. The summed E-state index contributed by atoms with van der Waals surface area (Å²) in [4.78, 5) is 11.6. The molecule has 1 aromatic carbocycles. The van der Waals surface area contributed by atoms with Crippen molar-refractivity contribution in [2.75, 3.05) is 0 Å². The van der Waals surface area contributed by atoms with Crippen LogP contribution < -0.4 is 4.74 Å². The number of rotatable bonds is 4. The standard InChI is InChI=1S/C16H21FO2/c1-3-12-7-4-5-10-15(12)19-16-13(11(2)18)8-6-9-14(16)17/h6,8-9,12,15H,3-5,7,10H2,1-2H3. The van der Waals surface area contributed by atoms with E-state index in [1.807, 2.05) is 0 Å². The molecule has 3 heteroatoms. The van der Waals surface area contributed by atoms with Gasteiger partial charge in [0.1, 0.15) is 6.10 Å². The molecular formula is C16H21FO2. The van der Waals surface area contributed by atoms with Gasteiger partial charge >= 0.3 is 0 Å². The number of halogens is 1. The van der Waals surface area contributed by atoms with Crippen LogP contribution in [0.1, 0.15) is 56.3 Å². The van der Waals surface area contributed by atoms with Crippen LogP contribution in [0.15, 0.2) is 18.2 Å². The summed E-state index contributed by atoms with van der Waals surface area (Å²) >= 11 is 0. The highest BCUT2D eigenvalue weighted by Crippen LogP contribution is 2.33. The molecule has 0 aliphatic heterocycles. The van der Waals surface area contributed by atoms with Gasteiger partial charge in [0.05, 0.1) is 5.56 Å². The van der Waals surface area contributed by atoms with Crippen molar-refractivity contribution in [3.05, 3.63) is 29.6 Å². The molecule has 0 radical (unpaired) electrons. The van der Waals surface area contributed by atoms with E-state index in [0.29, 0.717) is 11.5 Å². The molecule has 2 unspecified atom stereocenters. The van der Waals surface area contributed by atoms with Crippen LogP contribution in [0.5, 0.6) is 5.75 Å². The third kappa shape index (κ3) is 3.14. The Morgan fingerprint density at radius 3 is 2.79 bits per heavy atom. The minimum Gasteiger partial charge on any atom is -0.486 e. The highest BCUT2D eigenvalue weighted by Gasteiger charge is 2.27. The Balaban J connectivity index is 2.24. The molecule has 0 heterocycles. The molecule has 19 heavy (non-hydrogen) atoms. The van der Waals surface area contributed by atoms with Crippen LogP contribution in [-0.2, 0) is 0 Å². The SMILES string of the molecule is CCC1CCCCC1Oc1c(F)cccc1C(C)=O. The number of hydrogen-bond donors (Lipinski definition) is 0. The van der Waals surface area contributed by atoms with Crippen LogP contribution >= 0.6 is 0 Å². The summed E-state index contributed by atoms with van der Waals surface area (Å²) in [7, 11) is 0. The van der Waals surface area contributed by atoms with Crippen LogP contribution in [0.25, 0.3) is 0 Å². The van der Waals surface area contributed by atoms with Crippen LogP contribution in [0, 0.1) is 11.7 Å². The summed E-state index contributed by atoms with van der Waals surface area (Å²) in [6, 6.07) is 4.53. The average Bonchev–Trinajstić information content (AvgIpc) is 2.41. The van der Waals surface area contributed by atoms with Gasteiger partial charge in [-0.1, -0.05) is 19.4 Å². The molecule has 0 spiro atoms. The maximum atomic E-state index is 13.9. The van der Waals surface area contributed by atoms with Gasteiger partial charge in [0.15, 0.2) is 17.3 Å². The van der Waals surface area contributed by atoms with Crippen molar-refractivity contribution in [2.24, 2.45) is 5.92 Å². The zero-order valence-corrected chi connectivity index (χ0v) is 11.6. The van der Waals surface area contributed by atoms with E-state index >= 15 is 0 Å². The Labute approximate surface area is 114 Å². The highest BCUT2D eigenvalue weighted by molar-refractivity contribution is 5.96. The van der Waals surface area contributed by atoms with Crippen LogP contribution in [0.2, 0.25) is 0 Å². The van der Waals surface area contributed by atoms with Gasteiger partial charge < -0.3 is 4.74 Å². The molecule has 1 fully saturated rings. The smallest absolute Gasteiger partial charge is 0.166 e. The van der Waals surface area contributed by atoms with Crippen LogP contribution in [-0.4, -0.2) is 11.9 Å². The fourth-order valence-corrected chi connectivity index (χ4v) is 2.85. The number of hydrogen-bond acceptors (Lipinski definition) is 2. The second-order valence-corrected chi connectivity index (χ2v) is 5.28. The topological polar surface area (TPSA) is 26.3 Å². The van der Waals surface area contributed by atoms with E-state index in [0.717, 1.165) is 25.7 Å². The molecule has 1 aliphatic carbocycles. The number of para-hydroxylation sites is 1. The quantitative estimate of drug-likeness (QED) is 0.754. The average molecular weight is 264 g/mol. The molecule has 0 saturated heterocycles. The molecule has 0 N–H and O–H groups in total.